The predicted molar refractivity (Wildman–Crippen MR) is 63.0 cm³/mol. The summed E-state index contributed by atoms with van der Waals surface area (Å²) in [5, 5.41) is 18.2. The molecular weight excluding hydrogens is 219 g/mol. The lowest BCUT2D eigenvalue weighted by molar-refractivity contribution is 0.330. The molecule has 0 saturated heterocycles. The lowest BCUT2D eigenvalue weighted by atomic mass is 10.0. The zero-order valence-corrected chi connectivity index (χ0v) is 8.91. The molecule has 2 aromatic rings. The summed E-state index contributed by atoms with van der Waals surface area (Å²) in [7, 11) is 0. The number of hydrogen-bond donors (Lipinski definition) is 2. The Morgan fingerprint density at radius 2 is 1.65 bits per heavy atom. The van der Waals surface area contributed by atoms with E-state index in [1.54, 1.807) is 30.3 Å². The van der Waals surface area contributed by atoms with Crippen molar-refractivity contribution >= 4 is 5.84 Å². The van der Waals surface area contributed by atoms with Crippen molar-refractivity contribution < 1.29 is 9.50 Å². The van der Waals surface area contributed by atoms with Crippen LogP contribution in [-0.2, 0) is 5.11 Å². The smallest absolute Gasteiger partial charge is 0.214 e. The lowest BCUT2D eigenvalue weighted by Gasteiger charge is -2.03. The number of rotatable bonds is 2. The van der Waals surface area contributed by atoms with Crippen LogP contribution in [0.5, 0.6) is 5.75 Å². The molecule has 85 valence electrons. The van der Waals surface area contributed by atoms with Gasteiger partial charge in [0.15, 0.2) is 5.82 Å². The molecule has 0 aliphatic carbocycles. The Morgan fingerprint density at radius 3 is 2.18 bits per heavy atom. The molecule has 0 fully saturated rings. The highest BCUT2D eigenvalue weighted by Gasteiger charge is 2.05. The average molecular weight is 229 g/mol. The number of benzene rings is 2. The van der Waals surface area contributed by atoms with Crippen molar-refractivity contribution in [3.05, 3.63) is 53.8 Å². The molecule has 0 amide bonds. The van der Waals surface area contributed by atoms with Crippen LogP contribution >= 0.6 is 0 Å². The van der Waals surface area contributed by atoms with E-state index in [0.717, 1.165) is 5.56 Å². The van der Waals surface area contributed by atoms with E-state index < -0.39 is 11.6 Å². The summed E-state index contributed by atoms with van der Waals surface area (Å²) >= 11 is 0. The van der Waals surface area contributed by atoms with Gasteiger partial charge in [0.25, 0.3) is 0 Å². The molecule has 17 heavy (non-hydrogen) atoms. The van der Waals surface area contributed by atoms with E-state index in [2.05, 4.69) is 0 Å². The number of nitrogens with one attached hydrogen (secondary N) is 1. The molecule has 0 unspecified atom stereocenters. The molecule has 2 rings (SSSR count). The van der Waals surface area contributed by atoms with Gasteiger partial charge >= 0.3 is 0 Å². The van der Waals surface area contributed by atoms with Gasteiger partial charge in [-0.2, -0.15) is 0 Å². The summed E-state index contributed by atoms with van der Waals surface area (Å²) < 4.78 is 13.1. The summed E-state index contributed by atoms with van der Waals surface area (Å²) in [5.74, 6) is -1.40. The fourth-order valence-electron chi connectivity index (χ4n) is 1.52. The first-order chi connectivity index (χ1) is 8.08. The molecule has 2 aromatic carbocycles. The largest absolute Gasteiger partial charge is 0.384 e. The zero-order valence-electron chi connectivity index (χ0n) is 8.91. The second-order valence-corrected chi connectivity index (χ2v) is 3.64. The normalized spacial score (nSPS) is 10.2. The minimum atomic E-state index is -0.766. The van der Waals surface area contributed by atoms with Gasteiger partial charge in [-0.3, -0.25) is 10.5 Å². The van der Waals surface area contributed by atoms with Crippen molar-refractivity contribution in [2.24, 2.45) is 5.73 Å². The molecule has 4 heteroatoms. The number of hydrogen-bond acceptors (Lipinski definition) is 1. The first kappa shape index (κ1) is 11.1. The monoisotopic (exact) mass is 229 g/mol. The molecule has 0 spiro atoms. The molecule has 0 aliphatic heterocycles. The van der Waals surface area contributed by atoms with Crippen molar-refractivity contribution in [1.82, 2.24) is 0 Å². The van der Waals surface area contributed by atoms with Gasteiger partial charge in [0, 0.05) is 5.56 Å². The van der Waals surface area contributed by atoms with E-state index >= 15 is 0 Å². The number of halogens is 1. The highest BCUT2D eigenvalue weighted by atomic mass is 19.1. The van der Waals surface area contributed by atoms with Crippen LogP contribution in [0.25, 0.3) is 11.1 Å². The van der Waals surface area contributed by atoms with E-state index in [-0.39, 0.29) is 5.84 Å². The summed E-state index contributed by atoms with van der Waals surface area (Å²) in [6.07, 6.45) is 0. The first-order valence-corrected chi connectivity index (χ1v) is 4.99. The number of nitrogens with two attached hydrogens (primary N) is 1. The third-order valence-corrected chi connectivity index (χ3v) is 2.46. The minimum Gasteiger partial charge on any atom is -0.384 e. The maximum atomic E-state index is 13.1. The van der Waals surface area contributed by atoms with E-state index in [4.69, 9.17) is 11.1 Å². The van der Waals surface area contributed by atoms with Crippen molar-refractivity contribution in [2.45, 2.75) is 0 Å². The standard InChI is InChI=1S/C13H10FN2O/c14-11-7-10(5-6-12(11)17)8-1-3-9(4-2-8)13(15)16/h1-7H,(H3,15,16). The summed E-state index contributed by atoms with van der Waals surface area (Å²) in [6.45, 7) is 0. The van der Waals surface area contributed by atoms with Gasteiger partial charge in [0.2, 0.25) is 5.75 Å². The predicted octanol–water partition coefficient (Wildman–Crippen LogP) is 2.92. The van der Waals surface area contributed by atoms with E-state index in [1.165, 1.54) is 12.1 Å². The van der Waals surface area contributed by atoms with Gasteiger partial charge in [-0.15, -0.1) is 0 Å². The van der Waals surface area contributed by atoms with Crippen LogP contribution in [0.3, 0.4) is 0 Å². The van der Waals surface area contributed by atoms with Gasteiger partial charge in [0.1, 0.15) is 5.84 Å². The number of nitrogen functional groups attached to an aromatic ring is 1. The quantitative estimate of drug-likeness (QED) is 0.603. The van der Waals surface area contributed by atoms with E-state index in [0.29, 0.717) is 11.1 Å². The van der Waals surface area contributed by atoms with Crippen molar-refractivity contribution in [1.29, 1.82) is 5.41 Å². The summed E-state index contributed by atoms with van der Waals surface area (Å²) in [4.78, 5) is 0. The Kier molecular flexibility index (Phi) is 2.78. The van der Waals surface area contributed by atoms with Crippen LogP contribution in [-0.4, -0.2) is 5.84 Å². The first-order valence-electron chi connectivity index (χ1n) is 4.99. The third-order valence-electron chi connectivity index (χ3n) is 2.46. The van der Waals surface area contributed by atoms with Gasteiger partial charge in [-0.25, -0.2) is 4.39 Å². The van der Waals surface area contributed by atoms with Crippen LogP contribution in [0.15, 0.2) is 42.5 Å². The molecule has 0 bridgehead atoms. The average Bonchev–Trinajstić information content (AvgIpc) is 2.33. The SMILES string of the molecule is N=C(N)c1ccc(-c2ccc([O])c(F)c2)cc1. The van der Waals surface area contributed by atoms with Crippen LogP contribution in [0.1, 0.15) is 5.56 Å². The van der Waals surface area contributed by atoms with Crippen molar-refractivity contribution in [2.75, 3.05) is 0 Å². The molecule has 0 aliphatic rings. The molecule has 0 aromatic heterocycles. The summed E-state index contributed by atoms with van der Waals surface area (Å²) in [6, 6.07) is 10.8. The number of amidine groups is 1. The van der Waals surface area contributed by atoms with Crippen LogP contribution < -0.4 is 5.73 Å². The Labute approximate surface area is 97.8 Å². The molecule has 3 N–H and O–H groups in total. The van der Waals surface area contributed by atoms with Gasteiger partial charge in [0.05, 0.1) is 0 Å². The Hall–Kier alpha value is -2.36. The van der Waals surface area contributed by atoms with Crippen molar-refractivity contribution in [3.8, 4) is 16.9 Å². The molecule has 1 radical (unpaired) electrons. The van der Waals surface area contributed by atoms with Gasteiger partial charge < -0.3 is 5.73 Å². The Balaban J connectivity index is 2.39. The summed E-state index contributed by atoms with van der Waals surface area (Å²) in [5.41, 5.74) is 7.33. The van der Waals surface area contributed by atoms with Crippen molar-refractivity contribution in [3.63, 3.8) is 0 Å². The van der Waals surface area contributed by atoms with Gasteiger partial charge in [-0.05, 0) is 23.3 Å². The lowest BCUT2D eigenvalue weighted by Crippen LogP contribution is -2.10. The fraction of sp³-hybridized carbons (Fsp3) is 0. The van der Waals surface area contributed by atoms with Crippen LogP contribution in [0.2, 0.25) is 0 Å². The topological polar surface area (TPSA) is 69.8 Å². The highest BCUT2D eigenvalue weighted by molar-refractivity contribution is 5.95. The maximum Gasteiger partial charge on any atom is 0.214 e. The second-order valence-electron chi connectivity index (χ2n) is 3.64. The molecule has 0 saturated carbocycles. The second kappa shape index (κ2) is 4.25. The Bertz CT molecular complexity index is 564. The molecule has 0 heterocycles. The molecular formula is C13H10FN2O. The zero-order chi connectivity index (χ0) is 12.4. The third kappa shape index (κ3) is 2.25. The Morgan fingerprint density at radius 1 is 1.06 bits per heavy atom. The highest BCUT2D eigenvalue weighted by Crippen LogP contribution is 2.25. The molecule has 0 atom stereocenters. The van der Waals surface area contributed by atoms with E-state index in [1.807, 2.05) is 0 Å². The minimum absolute atomic E-state index is 0.0161. The van der Waals surface area contributed by atoms with Crippen LogP contribution in [0.4, 0.5) is 4.39 Å². The van der Waals surface area contributed by atoms with E-state index in [9.17, 15) is 9.50 Å². The molecule has 3 nitrogen and oxygen atoms in total. The van der Waals surface area contributed by atoms with Gasteiger partial charge in [-0.1, -0.05) is 30.3 Å². The van der Waals surface area contributed by atoms with Crippen LogP contribution in [0, 0.1) is 11.2 Å². The fourth-order valence-corrected chi connectivity index (χ4v) is 1.52. The maximum absolute atomic E-state index is 13.1.